The quantitative estimate of drug-likeness (QED) is 0.334. The maximum Gasteiger partial charge on any atom is 0.323 e. The number of piperazine rings is 1. The number of fused-ring (bicyclic) bond motifs is 2. The van der Waals surface area contributed by atoms with Gasteiger partial charge >= 0.3 is 6.03 Å². The van der Waals surface area contributed by atoms with Crippen LogP contribution in [0.25, 0.3) is 0 Å². The third-order valence-corrected chi connectivity index (χ3v) is 9.66. The molecule has 0 saturated carbocycles. The predicted molar refractivity (Wildman–Crippen MR) is 145 cm³/mol. The highest BCUT2D eigenvalue weighted by Gasteiger charge is 2.45. The second-order valence-corrected chi connectivity index (χ2v) is 12.0. The van der Waals surface area contributed by atoms with E-state index in [9.17, 15) is 22.7 Å². The fourth-order valence-electron chi connectivity index (χ4n) is 5.10. The number of amides is 2. The smallest absolute Gasteiger partial charge is 0.323 e. The number of rotatable bonds is 6. The Balaban J connectivity index is 1.34. The third kappa shape index (κ3) is 5.19. The molecule has 2 aliphatic rings. The number of hydrogen-bond acceptors (Lipinski definition) is 5. The number of nitrogens with one attached hydrogen (secondary N) is 2. The lowest BCUT2D eigenvalue weighted by Crippen LogP contribution is -2.54. The van der Waals surface area contributed by atoms with Crippen molar-refractivity contribution in [2.24, 2.45) is 0 Å². The van der Waals surface area contributed by atoms with Crippen LogP contribution in [0.15, 0.2) is 65.6 Å². The molecule has 0 aliphatic carbocycles. The molecule has 3 aromatic carbocycles. The molecule has 200 valence electrons. The van der Waals surface area contributed by atoms with Crippen LogP contribution in [-0.2, 0) is 16.6 Å². The highest BCUT2D eigenvalue weighted by Crippen LogP contribution is 2.41. The summed E-state index contributed by atoms with van der Waals surface area (Å²) in [4.78, 5) is 14.4. The van der Waals surface area contributed by atoms with Crippen LogP contribution < -0.4 is 10.6 Å². The van der Waals surface area contributed by atoms with Crippen molar-refractivity contribution in [2.45, 2.75) is 36.4 Å². The van der Waals surface area contributed by atoms with E-state index in [0.29, 0.717) is 0 Å². The largest absolute Gasteiger partial charge is 0.504 e. The summed E-state index contributed by atoms with van der Waals surface area (Å²) in [6.07, 6.45) is 1.74. The zero-order chi connectivity index (χ0) is 27.0. The molecular formula is C26H25Cl2FN4O4S. The topological polar surface area (TPSA) is 102 Å². The highest BCUT2D eigenvalue weighted by atomic mass is 35.5. The molecule has 2 heterocycles. The van der Waals surface area contributed by atoms with Crippen molar-refractivity contribution in [3.05, 3.63) is 82.1 Å². The minimum atomic E-state index is -4.19. The molecule has 5 rings (SSSR count). The van der Waals surface area contributed by atoms with Gasteiger partial charge in [-0.2, -0.15) is 4.31 Å². The molecule has 2 saturated heterocycles. The summed E-state index contributed by atoms with van der Waals surface area (Å²) in [5.74, 6) is -1.40. The Morgan fingerprint density at radius 3 is 2.29 bits per heavy atom. The van der Waals surface area contributed by atoms with Crippen LogP contribution in [0.5, 0.6) is 5.75 Å². The fourth-order valence-corrected chi connectivity index (χ4v) is 7.38. The van der Waals surface area contributed by atoms with E-state index in [1.54, 1.807) is 0 Å². The summed E-state index contributed by atoms with van der Waals surface area (Å²) in [5.41, 5.74) is 0.996. The summed E-state index contributed by atoms with van der Waals surface area (Å²) < 4.78 is 42.4. The second kappa shape index (κ2) is 10.7. The van der Waals surface area contributed by atoms with Gasteiger partial charge in [-0.25, -0.2) is 17.6 Å². The number of aromatic hydroxyl groups is 1. The van der Waals surface area contributed by atoms with Gasteiger partial charge in [0.2, 0.25) is 10.0 Å². The van der Waals surface area contributed by atoms with E-state index in [-0.39, 0.29) is 46.6 Å². The summed E-state index contributed by atoms with van der Waals surface area (Å²) in [7, 11) is -4.19. The average molecular weight is 579 g/mol. The number of urea groups is 1. The number of halogens is 3. The maximum atomic E-state index is 13.7. The molecular weight excluding hydrogens is 554 g/mol. The van der Waals surface area contributed by atoms with Crippen LogP contribution in [-0.4, -0.2) is 53.9 Å². The zero-order valence-electron chi connectivity index (χ0n) is 20.1. The zero-order valence-corrected chi connectivity index (χ0v) is 22.4. The van der Waals surface area contributed by atoms with Gasteiger partial charge in [-0.05, 0) is 42.7 Å². The molecule has 2 aliphatic heterocycles. The van der Waals surface area contributed by atoms with E-state index in [1.807, 2.05) is 18.2 Å². The summed E-state index contributed by atoms with van der Waals surface area (Å²) in [5, 5.41) is 15.2. The Morgan fingerprint density at radius 2 is 1.61 bits per heavy atom. The predicted octanol–water partition coefficient (Wildman–Crippen LogP) is 5.52. The molecule has 2 amide bonds. The van der Waals surface area contributed by atoms with Crippen LogP contribution in [0.2, 0.25) is 10.0 Å². The minimum Gasteiger partial charge on any atom is -0.504 e. The van der Waals surface area contributed by atoms with Gasteiger partial charge in [0.1, 0.15) is 10.7 Å². The molecule has 12 heteroatoms. The first kappa shape index (κ1) is 26.7. The lowest BCUT2D eigenvalue weighted by Gasteiger charge is -2.40. The van der Waals surface area contributed by atoms with E-state index >= 15 is 0 Å². The van der Waals surface area contributed by atoms with Crippen LogP contribution in [0.3, 0.4) is 0 Å². The van der Waals surface area contributed by atoms with E-state index in [4.69, 9.17) is 23.2 Å². The summed E-state index contributed by atoms with van der Waals surface area (Å²) in [6, 6.07) is 15.7. The first-order valence-corrected chi connectivity index (χ1v) is 14.2. The van der Waals surface area contributed by atoms with Crippen molar-refractivity contribution in [3.8, 4) is 5.75 Å². The van der Waals surface area contributed by atoms with E-state index in [2.05, 4.69) is 27.7 Å². The molecule has 0 radical (unpaired) electrons. The standard InChI is InChI=1S/C26H25Cl2FN4O4S/c27-19-11-12-22(31-26(35)30-21-8-4-7-20(29)23(21)28)24(34)25(19)38(36,37)32-14-17-9-10-18(15-32)33(17)13-16-5-2-1-3-6-16/h1-8,11-12,17-18,34H,9-10,13-15H2,(H2,30,31,35)/t17-,18-/m0/s1. The molecule has 0 unspecified atom stereocenters. The number of phenolic OH excluding ortho intramolecular Hbond substituents is 1. The van der Waals surface area contributed by atoms with Crippen molar-refractivity contribution < 1.29 is 22.7 Å². The third-order valence-electron chi connectivity index (χ3n) is 6.94. The van der Waals surface area contributed by atoms with Gasteiger partial charge in [0.25, 0.3) is 0 Å². The lowest BCUT2D eigenvalue weighted by atomic mass is 10.1. The van der Waals surface area contributed by atoms with Gasteiger partial charge in [-0.3, -0.25) is 4.90 Å². The number of nitrogens with zero attached hydrogens (tertiary/aromatic N) is 2. The Labute approximate surface area is 230 Å². The fraction of sp³-hybridized carbons (Fsp3) is 0.269. The van der Waals surface area contributed by atoms with E-state index < -0.39 is 32.5 Å². The molecule has 2 atom stereocenters. The van der Waals surface area contributed by atoms with Crippen molar-refractivity contribution in [1.29, 1.82) is 0 Å². The summed E-state index contributed by atoms with van der Waals surface area (Å²) >= 11 is 12.1. The monoisotopic (exact) mass is 578 g/mol. The molecule has 3 N–H and O–H groups in total. The number of carbonyl (C=O) groups excluding carboxylic acids is 1. The van der Waals surface area contributed by atoms with Crippen LogP contribution >= 0.6 is 23.2 Å². The molecule has 8 nitrogen and oxygen atoms in total. The number of sulfonamides is 1. The van der Waals surface area contributed by atoms with E-state index in [1.165, 1.54) is 28.6 Å². The highest BCUT2D eigenvalue weighted by molar-refractivity contribution is 7.89. The number of carbonyl (C=O) groups is 1. The van der Waals surface area contributed by atoms with Gasteiger partial charge in [-0.15, -0.1) is 0 Å². The maximum absolute atomic E-state index is 13.7. The Hall–Kier alpha value is -2.89. The molecule has 3 aromatic rings. The number of hydrogen-bond donors (Lipinski definition) is 3. The van der Waals surface area contributed by atoms with E-state index in [0.717, 1.165) is 31.0 Å². The second-order valence-electron chi connectivity index (χ2n) is 9.32. The SMILES string of the molecule is O=C(Nc1ccc(Cl)c(S(=O)(=O)N2C[C@@H]3CC[C@@H](C2)N3Cc2ccccc2)c1O)Nc1cccc(F)c1Cl. The van der Waals surface area contributed by atoms with Crippen molar-refractivity contribution in [3.63, 3.8) is 0 Å². The van der Waals surface area contributed by atoms with Gasteiger partial charge < -0.3 is 15.7 Å². The van der Waals surface area contributed by atoms with Gasteiger partial charge in [0.05, 0.1) is 21.4 Å². The van der Waals surface area contributed by atoms with Gasteiger partial charge in [0.15, 0.2) is 5.75 Å². The van der Waals surface area contributed by atoms with Gasteiger partial charge in [-0.1, -0.05) is 59.6 Å². The lowest BCUT2D eigenvalue weighted by molar-refractivity contribution is 0.103. The molecule has 0 spiro atoms. The average Bonchev–Trinajstić information content (AvgIpc) is 3.09. The number of benzene rings is 3. The van der Waals surface area contributed by atoms with Gasteiger partial charge in [0, 0.05) is 31.7 Å². The van der Waals surface area contributed by atoms with Crippen molar-refractivity contribution in [1.82, 2.24) is 9.21 Å². The Kier molecular flexibility index (Phi) is 7.52. The Morgan fingerprint density at radius 1 is 0.947 bits per heavy atom. The molecule has 0 aromatic heterocycles. The molecule has 2 fully saturated rings. The van der Waals surface area contributed by atoms with Crippen LogP contribution in [0.4, 0.5) is 20.6 Å². The first-order valence-electron chi connectivity index (χ1n) is 12.0. The minimum absolute atomic E-state index is 0.00862. The molecule has 38 heavy (non-hydrogen) atoms. The number of anilines is 2. The molecule has 2 bridgehead atoms. The van der Waals surface area contributed by atoms with Crippen molar-refractivity contribution in [2.75, 3.05) is 23.7 Å². The summed E-state index contributed by atoms with van der Waals surface area (Å²) in [6.45, 7) is 1.26. The normalized spacial score (nSPS) is 19.9. The Bertz CT molecular complexity index is 1460. The van der Waals surface area contributed by atoms with Crippen LogP contribution in [0, 0.1) is 5.82 Å². The first-order chi connectivity index (χ1) is 18.1. The van der Waals surface area contributed by atoms with Crippen molar-refractivity contribution >= 4 is 50.6 Å². The number of phenols is 1. The van der Waals surface area contributed by atoms with Crippen LogP contribution in [0.1, 0.15) is 18.4 Å².